The zero-order valence-corrected chi connectivity index (χ0v) is 28.3. The van der Waals surface area contributed by atoms with E-state index in [2.05, 4.69) is 75.2 Å². The van der Waals surface area contributed by atoms with Crippen molar-refractivity contribution in [3.8, 4) is 0 Å². The van der Waals surface area contributed by atoms with Crippen molar-refractivity contribution in [2.75, 3.05) is 26.7 Å². The second-order valence-corrected chi connectivity index (χ2v) is 17.8. The molecule has 4 aromatic carbocycles. The first-order valence-electron chi connectivity index (χ1n) is 12.2. The average Bonchev–Trinajstić information content (AvgIpc) is 2.94. The molecule has 8 heteroatoms. The van der Waals surface area contributed by atoms with Crippen LogP contribution in [-0.4, -0.2) is 26.7 Å². The Balaban J connectivity index is 0.000000245. The van der Waals surface area contributed by atoms with Gasteiger partial charge in [0.05, 0.1) is 36.5 Å². The molecular formula is C30H38Cl2N2P2RuS+4. The monoisotopic (exact) mass is 692 g/mol. The standard InChI is InChI=1S/C16H20P2S.C14H16N2.2ClH.Ru/c1-17(2)13-9-5-7-11-15(13)19-16-12-8-6-10-14(16)18(3)4;15-13(11-7-3-1-4-8-11)14(16)12-9-5-2-6-10-12;;;/h5-12H,1-4H3;1-10,13-14H,15-16H2;2*1H;/q;;;;+4. The predicted molar refractivity (Wildman–Crippen MR) is 175 cm³/mol. The van der Waals surface area contributed by atoms with E-state index in [4.69, 9.17) is 30.8 Å². The summed E-state index contributed by atoms with van der Waals surface area (Å²) >= 11 is 1.60. The van der Waals surface area contributed by atoms with Crippen LogP contribution < -0.4 is 22.1 Å². The van der Waals surface area contributed by atoms with E-state index >= 15 is 0 Å². The molecule has 2 atom stereocenters. The number of hydrogen-bond donors (Lipinski definition) is 2. The third kappa shape index (κ3) is 11.0. The van der Waals surface area contributed by atoms with Gasteiger partial charge in [0.1, 0.15) is 10.6 Å². The summed E-state index contributed by atoms with van der Waals surface area (Å²) in [5, 5.41) is 3.10. The van der Waals surface area contributed by atoms with Gasteiger partial charge >= 0.3 is 34.5 Å². The van der Waals surface area contributed by atoms with Gasteiger partial charge in [0.2, 0.25) is 0 Å². The van der Waals surface area contributed by atoms with Crippen LogP contribution in [0.15, 0.2) is 119 Å². The second kappa shape index (κ2) is 18.5. The van der Waals surface area contributed by atoms with E-state index in [0.717, 1.165) is 11.1 Å². The first-order valence-corrected chi connectivity index (χ1v) is 22.5. The van der Waals surface area contributed by atoms with Crippen LogP contribution in [0, 0.1) is 0 Å². The van der Waals surface area contributed by atoms with Crippen LogP contribution in [0.5, 0.6) is 0 Å². The van der Waals surface area contributed by atoms with Crippen molar-refractivity contribution in [3.63, 3.8) is 0 Å². The van der Waals surface area contributed by atoms with Gasteiger partial charge in [-0.3, -0.25) is 0 Å². The molecule has 0 aromatic heterocycles. The summed E-state index contributed by atoms with van der Waals surface area (Å²) in [5.41, 5.74) is 14.4. The molecule has 0 spiro atoms. The topological polar surface area (TPSA) is 52.0 Å². The van der Waals surface area contributed by atoms with Crippen LogP contribution in [0.1, 0.15) is 23.2 Å². The third-order valence-corrected chi connectivity index (χ3v) is 10.4. The average molecular weight is 693 g/mol. The van der Waals surface area contributed by atoms with Crippen LogP contribution in [0.25, 0.3) is 0 Å². The molecule has 0 saturated heterocycles. The van der Waals surface area contributed by atoms with Gasteiger partial charge in [-0.2, -0.15) is 0 Å². The van der Waals surface area contributed by atoms with Crippen molar-refractivity contribution in [2.24, 2.45) is 11.5 Å². The van der Waals surface area contributed by atoms with Gasteiger partial charge in [0.25, 0.3) is 0 Å². The fraction of sp³-hybridized carbons (Fsp3) is 0.200. The SMILES string of the molecule is C[PH+](C)c1ccccc1Sc1ccccc1[PH+](C)C.NC(c1ccccc1)C(N)c1ccccc1.[Cl][Ru+2][Cl]. The number of halogens is 2. The molecule has 0 amide bonds. The summed E-state index contributed by atoms with van der Waals surface area (Å²) in [4.78, 5) is 2.88. The number of hydrogen-bond acceptors (Lipinski definition) is 3. The minimum atomic E-state index is -0.406. The molecule has 0 aliphatic carbocycles. The molecule has 0 saturated carbocycles. The zero-order valence-electron chi connectivity index (χ0n) is 22.2. The molecule has 4 N–H and O–H groups in total. The molecule has 0 fully saturated rings. The Morgan fingerprint density at radius 2 is 0.842 bits per heavy atom. The minimum absolute atomic E-state index is 0.163. The molecular weight excluding hydrogens is 654 g/mol. The molecule has 0 radical (unpaired) electrons. The molecule has 202 valence electrons. The Hall–Kier alpha value is -0.787. The summed E-state index contributed by atoms with van der Waals surface area (Å²) in [6, 6.07) is 37.3. The Morgan fingerprint density at radius 3 is 1.16 bits per heavy atom. The van der Waals surface area contributed by atoms with E-state index in [1.165, 1.54) is 9.79 Å². The molecule has 4 rings (SSSR count). The summed E-state index contributed by atoms with van der Waals surface area (Å²) in [7, 11) is 8.90. The fourth-order valence-electron chi connectivity index (χ4n) is 3.82. The Kier molecular flexibility index (Phi) is 16.3. The summed E-state index contributed by atoms with van der Waals surface area (Å²) < 4.78 is 0. The van der Waals surface area contributed by atoms with Crippen molar-refractivity contribution in [2.45, 2.75) is 21.9 Å². The fourth-order valence-corrected chi connectivity index (χ4v) is 8.25. The van der Waals surface area contributed by atoms with Crippen LogP contribution in [-0.2, 0) is 15.1 Å². The van der Waals surface area contributed by atoms with Crippen molar-refractivity contribution in [1.82, 2.24) is 0 Å². The molecule has 4 aromatic rings. The summed E-state index contributed by atoms with van der Waals surface area (Å²) in [6.07, 6.45) is 0. The van der Waals surface area contributed by atoms with Crippen LogP contribution in [0.3, 0.4) is 0 Å². The molecule has 38 heavy (non-hydrogen) atoms. The van der Waals surface area contributed by atoms with Gasteiger partial charge in [0.15, 0.2) is 0 Å². The van der Waals surface area contributed by atoms with Crippen molar-refractivity contribution >= 4 is 57.6 Å². The van der Waals surface area contributed by atoms with Gasteiger partial charge in [0, 0.05) is 27.9 Å². The van der Waals surface area contributed by atoms with Crippen molar-refractivity contribution < 1.29 is 15.1 Å². The Labute approximate surface area is 251 Å². The van der Waals surface area contributed by atoms with E-state index in [1.54, 1.807) is 10.6 Å². The van der Waals surface area contributed by atoms with E-state index in [9.17, 15) is 0 Å². The summed E-state index contributed by atoms with van der Waals surface area (Å²) in [6.45, 7) is 9.46. The molecule has 2 unspecified atom stereocenters. The van der Waals surface area contributed by atoms with E-state index in [1.807, 2.05) is 72.4 Å². The molecule has 0 aliphatic rings. The van der Waals surface area contributed by atoms with E-state index in [-0.39, 0.29) is 27.2 Å². The molecule has 2 nitrogen and oxygen atoms in total. The van der Waals surface area contributed by atoms with E-state index < -0.39 is 15.8 Å². The first kappa shape index (κ1) is 33.4. The zero-order chi connectivity index (χ0) is 27.9. The maximum absolute atomic E-state index is 6.15. The van der Waals surface area contributed by atoms with Crippen LogP contribution in [0.4, 0.5) is 0 Å². The van der Waals surface area contributed by atoms with Gasteiger partial charge in [-0.25, -0.2) is 0 Å². The van der Waals surface area contributed by atoms with Crippen molar-refractivity contribution in [1.29, 1.82) is 0 Å². The number of nitrogens with two attached hydrogens (primary N) is 2. The Morgan fingerprint density at radius 1 is 0.553 bits per heavy atom. The molecule has 0 aliphatic heterocycles. The van der Waals surface area contributed by atoms with Gasteiger partial charge in [-0.15, -0.1) is 0 Å². The van der Waals surface area contributed by atoms with Gasteiger partial charge in [-0.1, -0.05) is 96.7 Å². The molecule has 0 bridgehead atoms. The quantitative estimate of drug-likeness (QED) is 0.154. The van der Waals surface area contributed by atoms with Crippen LogP contribution in [0.2, 0.25) is 0 Å². The van der Waals surface area contributed by atoms with E-state index in [0.29, 0.717) is 0 Å². The van der Waals surface area contributed by atoms with Gasteiger partial charge < -0.3 is 11.5 Å². The van der Waals surface area contributed by atoms with Crippen LogP contribution >= 0.6 is 47.0 Å². The normalized spacial score (nSPS) is 12.2. The van der Waals surface area contributed by atoms with Gasteiger partial charge in [-0.05, 0) is 35.4 Å². The van der Waals surface area contributed by atoms with Crippen molar-refractivity contribution in [3.05, 3.63) is 120 Å². The second-order valence-electron chi connectivity index (χ2n) is 9.02. The predicted octanol–water partition coefficient (Wildman–Crippen LogP) is 7.80. The summed E-state index contributed by atoms with van der Waals surface area (Å²) in [5.74, 6) is 0. The molecule has 0 heterocycles. The number of benzene rings is 4. The maximum atomic E-state index is 6.15. The first-order chi connectivity index (χ1) is 18.3. The third-order valence-electron chi connectivity index (χ3n) is 5.83. The Bertz CT molecular complexity index is 1110. The number of rotatable bonds is 7.